The SMILES string of the molecule is CC(C)CNC(=O)[C@@H](Cc1ccccc1)N(Cc1ccccc1F)C(=O)CN(c1ccc(F)cc1)S(C)(=O)=O. The molecule has 0 saturated heterocycles. The monoisotopic (exact) mass is 557 g/mol. The highest BCUT2D eigenvalue weighted by Gasteiger charge is 2.33. The molecule has 3 aromatic rings. The van der Waals surface area contributed by atoms with Crippen molar-refractivity contribution in [3.05, 3.63) is 102 Å². The Morgan fingerprint density at radius 2 is 1.51 bits per heavy atom. The highest BCUT2D eigenvalue weighted by molar-refractivity contribution is 7.92. The summed E-state index contributed by atoms with van der Waals surface area (Å²) in [6.45, 7) is 3.29. The molecule has 0 saturated carbocycles. The molecule has 0 aliphatic carbocycles. The van der Waals surface area contributed by atoms with E-state index in [2.05, 4.69) is 5.32 Å². The molecule has 7 nitrogen and oxygen atoms in total. The van der Waals surface area contributed by atoms with Crippen LogP contribution in [0.25, 0.3) is 0 Å². The first-order chi connectivity index (χ1) is 18.5. The van der Waals surface area contributed by atoms with Crippen LogP contribution in [-0.2, 0) is 32.6 Å². The van der Waals surface area contributed by atoms with Gasteiger partial charge in [-0.2, -0.15) is 0 Å². The Bertz CT molecular complexity index is 1370. The van der Waals surface area contributed by atoms with Crippen molar-refractivity contribution < 1.29 is 26.8 Å². The summed E-state index contributed by atoms with van der Waals surface area (Å²) in [5.41, 5.74) is 1.03. The van der Waals surface area contributed by atoms with Crippen molar-refractivity contribution in [2.45, 2.75) is 32.9 Å². The molecule has 0 spiro atoms. The lowest BCUT2D eigenvalue weighted by Gasteiger charge is -2.33. The number of sulfonamides is 1. The standard InChI is InChI=1S/C29H33F2N3O4S/c1-21(2)18-32-29(36)27(17-22-9-5-4-6-10-22)33(19-23-11-7-8-12-26(23)31)28(35)20-34(39(3,37)38)25-15-13-24(30)14-16-25/h4-16,21,27H,17-20H2,1-3H3,(H,32,36)/t27-/m1/s1. The fraction of sp³-hybridized carbons (Fsp3) is 0.310. The number of carbonyl (C=O) groups is 2. The largest absolute Gasteiger partial charge is 0.354 e. The van der Waals surface area contributed by atoms with E-state index in [1.807, 2.05) is 32.0 Å². The number of nitrogens with zero attached hydrogens (tertiary/aromatic N) is 2. The van der Waals surface area contributed by atoms with Crippen LogP contribution in [0.4, 0.5) is 14.5 Å². The van der Waals surface area contributed by atoms with Gasteiger partial charge >= 0.3 is 0 Å². The number of benzene rings is 3. The maximum Gasteiger partial charge on any atom is 0.244 e. The third-order valence-corrected chi connectivity index (χ3v) is 7.19. The number of amides is 2. The smallest absolute Gasteiger partial charge is 0.244 e. The summed E-state index contributed by atoms with van der Waals surface area (Å²) in [5.74, 6) is -2.14. The van der Waals surface area contributed by atoms with Crippen LogP contribution >= 0.6 is 0 Å². The van der Waals surface area contributed by atoms with E-state index in [1.54, 1.807) is 18.2 Å². The highest BCUT2D eigenvalue weighted by Crippen LogP contribution is 2.21. The Morgan fingerprint density at radius 3 is 2.10 bits per heavy atom. The zero-order valence-electron chi connectivity index (χ0n) is 22.2. The molecule has 0 fully saturated rings. The first-order valence-corrected chi connectivity index (χ1v) is 14.4. The van der Waals surface area contributed by atoms with Crippen LogP contribution in [-0.4, -0.2) is 50.5 Å². The predicted octanol–water partition coefficient (Wildman–Crippen LogP) is 4.14. The van der Waals surface area contributed by atoms with Crippen LogP contribution in [0.3, 0.4) is 0 Å². The fourth-order valence-electron chi connectivity index (χ4n) is 4.01. The molecule has 0 unspecified atom stereocenters. The molecule has 0 aliphatic rings. The zero-order valence-corrected chi connectivity index (χ0v) is 23.0. The summed E-state index contributed by atoms with van der Waals surface area (Å²) in [6.07, 6.45) is 1.06. The van der Waals surface area contributed by atoms with Crippen LogP contribution in [0.1, 0.15) is 25.0 Å². The van der Waals surface area contributed by atoms with E-state index in [0.29, 0.717) is 6.54 Å². The van der Waals surface area contributed by atoms with E-state index >= 15 is 0 Å². The number of hydrogen-bond donors (Lipinski definition) is 1. The quantitative estimate of drug-likeness (QED) is 0.363. The molecule has 0 bridgehead atoms. The van der Waals surface area contributed by atoms with Crippen LogP contribution in [0.15, 0.2) is 78.9 Å². The third kappa shape index (κ3) is 8.61. The summed E-state index contributed by atoms with van der Waals surface area (Å²) >= 11 is 0. The molecule has 1 atom stereocenters. The zero-order chi connectivity index (χ0) is 28.6. The number of anilines is 1. The average Bonchev–Trinajstić information content (AvgIpc) is 2.89. The summed E-state index contributed by atoms with van der Waals surface area (Å²) < 4.78 is 54.5. The predicted molar refractivity (Wildman–Crippen MR) is 147 cm³/mol. The van der Waals surface area contributed by atoms with E-state index in [1.165, 1.54) is 35.2 Å². The van der Waals surface area contributed by atoms with Crippen molar-refractivity contribution in [2.75, 3.05) is 23.7 Å². The topological polar surface area (TPSA) is 86.8 Å². The maximum atomic E-state index is 14.7. The van der Waals surface area contributed by atoms with Gasteiger partial charge in [0.1, 0.15) is 24.2 Å². The van der Waals surface area contributed by atoms with Gasteiger partial charge in [-0.3, -0.25) is 13.9 Å². The van der Waals surface area contributed by atoms with Gasteiger partial charge in [0.05, 0.1) is 11.9 Å². The van der Waals surface area contributed by atoms with Gasteiger partial charge in [-0.05, 0) is 41.8 Å². The van der Waals surface area contributed by atoms with Crippen molar-refractivity contribution in [2.24, 2.45) is 5.92 Å². The minimum Gasteiger partial charge on any atom is -0.354 e. The minimum absolute atomic E-state index is 0.0851. The molecular formula is C29H33F2N3O4S. The van der Waals surface area contributed by atoms with Gasteiger partial charge in [0.2, 0.25) is 21.8 Å². The highest BCUT2D eigenvalue weighted by atomic mass is 32.2. The second kappa shape index (κ2) is 13.3. The van der Waals surface area contributed by atoms with Gasteiger partial charge in [0.15, 0.2) is 0 Å². The van der Waals surface area contributed by atoms with Crippen LogP contribution in [0.5, 0.6) is 0 Å². The van der Waals surface area contributed by atoms with Gasteiger partial charge in [0, 0.05) is 25.1 Å². The van der Waals surface area contributed by atoms with Crippen molar-refractivity contribution in [1.29, 1.82) is 0 Å². The molecule has 39 heavy (non-hydrogen) atoms. The number of nitrogens with one attached hydrogen (secondary N) is 1. The molecule has 2 amide bonds. The Hall–Kier alpha value is -3.79. The van der Waals surface area contributed by atoms with Gasteiger partial charge < -0.3 is 10.2 Å². The Morgan fingerprint density at radius 1 is 0.897 bits per heavy atom. The Balaban J connectivity index is 2.05. The van der Waals surface area contributed by atoms with Gasteiger partial charge in [0.25, 0.3) is 0 Å². The number of carbonyl (C=O) groups excluding carboxylic acids is 2. The molecule has 0 heterocycles. The first kappa shape index (κ1) is 29.8. The lowest BCUT2D eigenvalue weighted by Crippen LogP contribution is -2.53. The van der Waals surface area contributed by atoms with Gasteiger partial charge in [-0.25, -0.2) is 17.2 Å². The van der Waals surface area contributed by atoms with Gasteiger partial charge in [-0.1, -0.05) is 62.4 Å². The summed E-state index contributed by atoms with van der Waals surface area (Å²) in [5, 5.41) is 2.86. The summed E-state index contributed by atoms with van der Waals surface area (Å²) in [7, 11) is -3.98. The minimum atomic E-state index is -3.98. The van der Waals surface area contributed by atoms with Crippen LogP contribution in [0.2, 0.25) is 0 Å². The van der Waals surface area contributed by atoms with E-state index in [4.69, 9.17) is 0 Å². The summed E-state index contributed by atoms with van der Waals surface area (Å²) in [6, 6.07) is 18.6. The number of halogens is 2. The van der Waals surface area contributed by atoms with E-state index in [-0.39, 0.29) is 30.1 Å². The second-order valence-electron chi connectivity index (χ2n) is 9.70. The molecule has 10 heteroatoms. The van der Waals surface area contributed by atoms with Crippen molar-refractivity contribution in [1.82, 2.24) is 10.2 Å². The molecule has 1 N–H and O–H groups in total. The second-order valence-corrected chi connectivity index (χ2v) is 11.6. The molecule has 0 aliphatic heterocycles. The summed E-state index contributed by atoms with van der Waals surface area (Å²) in [4.78, 5) is 28.6. The van der Waals surface area contributed by atoms with Crippen molar-refractivity contribution in [3.8, 4) is 0 Å². The fourth-order valence-corrected chi connectivity index (χ4v) is 4.86. The van der Waals surface area contributed by atoms with Crippen LogP contribution in [0, 0.1) is 17.6 Å². The lowest BCUT2D eigenvalue weighted by molar-refractivity contribution is -0.140. The molecule has 3 aromatic carbocycles. The van der Waals surface area contributed by atoms with Crippen LogP contribution < -0.4 is 9.62 Å². The van der Waals surface area contributed by atoms with Crippen molar-refractivity contribution in [3.63, 3.8) is 0 Å². The Labute approximate surface area is 228 Å². The Kier molecular flexibility index (Phi) is 10.2. The molecule has 0 radical (unpaired) electrons. The first-order valence-electron chi connectivity index (χ1n) is 12.5. The lowest BCUT2D eigenvalue weighted by atomic mass is 10.0. The van der Waals surface area contributed by atoms with E-state index in [9.17, 15) is 26.8 Å². The third-order valence-electron chi connectivity index (χ3n) is 6.05. The molecule has 208 valence electrons. The average molecular weight is 558 g/mol. The molecular weight excluding hydrogens is 524 g/mol. The number of rotatable bonds is 12. The van der Waals surface area contributed by atoms with E-state index in [0.717, 1.165) is 28.3 Å². The van der Waals surface area contributed by atoms with Gasteiger partial charge in [-0.15, -0.1) is 0 Å². The van der Waals surface area contributed by atoms with E-state index < -0.39 is 46.1 Å². The number of hydrogen-bond acceptors (Lipinski definition) is 4. The molecule has 0 aromatic heterocycles. The van der Waals surface area contributed by atoms with Crippen molar-refractivity contribution >= 4 is 27.5 Å². The molecule has 3 rings (SSSR count). The normalized spacial score (nSPS) is 12.2. The maximum absolute atomic E-state index is 14.7.